The minimum Gasteiger partial charge on any atom is -0.507 e. The van der Waals surface area contributed by atoms with Crippen molar-refractivity contribution in [1.29, 1.82) is 0 Å². The molecule has 47 heavy (non-hydrogen) atoms. The molecule has 4 unspecified atom stereocenters. The number of phenols is 1. The molecule has 3 aliphatic heterocycles. The molecule has 1 spiro atoms. The van der Waals surface area contributed by atoms with Crippen molar-refractivity contribution >= 4 is 18.0 Å². The summed E-state index contributed by atoms with van der Waals surface area (Å²) in [5.41, 5.74) is -1.64. The number of rotatable bonds is 7. The minimum absolute atomic E-state index is 0.0191. The van der Waals surface area contributed by atoms with Crippen LogP contribution >= 0.6 is 0 Å². The van der Waals surface area contributed by atoms with Crippen molar-refractivity contribution in [3.05, 3.63) is 64.0 Å². The zero-order valence-electron chi connectivity index (χ0n) is 28.2. The molecule has 8 rings (SSSR count). The van der Waals surface area contributed by atoms with Crippen molar-refractivity contribution in [2.45, 2.75) is 115 Å². The fourth-order valence-corrected chi connectivity index (χ4v) is 9.67. The van der Waals surface area contributed by atoms with Crippen LogP contribution in [-0.4, -0.2) is 56.8 Å². The van der Waals surface area contributed by atoms with Crippen molar-refractivity contribution in [1.82, 2.24) is 0 Å². The van der Waals surface area contributed by atoms with Gasteiger partial charge in [-0.1, -0.05) is 29.9 Å². The molecule has 8 atom stereocenters. The van der Waals surface area contributed by atoms with Gasteiger partial charge in [-0.05, 0) is 86.1 Å². The third-order valence-corrected chi connectivity index (χ3v) is 11.9. The summed E-state index contributed by atoms with van der Waals surface area (Å²) < 4.78 is 25.8. The summed E-state index contributed by atoms with van der Waals surface area (Å²) in [5.74, 6) is -1.62. The van der Waals surface area contributed by atoms with E-state index < -0.39 is 46.1 Å². The van der Waals surface area contributed by atoms with Gasteiger partial charge in [-0.2, -0.15) is 0 Å². The van der Waals surface area contributed by atoms with Crippen molar-refractivity contribution in [2.75, 3.05) is 0 Å². The number of Topliss-reactive ketones (excluding diaryl/α,β-unsaturated/α-hetero) is 2. The fourth-order valence-electron chi connectivity index (χ4n) is 9.67. The second kappa shape index (κ2) is 10.2. The van der Waals surface area contributed by atoms with Gasteiger partial charge in [-0.15, -0.1) is 0 Å². The number of ketones is 2. The predicted octanol–water partition coefficient (Wildman–Crippen LogP) is 5.96. The average Bonchev–Trinajstić information content (AvgIpc) is 3.14. The number of aliphatic hydroxyl groups is 1. The van der Waals surface area contributed by atoms with E-state index in [1.807, 2.05) is 47.6 Å². The SMILES string of the molecule is C=C(C)C1CC[C@@]2(C)Oc3c(CC=C(C)C)c4c(c(O)c3[C@@H]1C2O)C(=O)C1=CC2CC3C(C)(C)O[C@](C/C=C(/C)OC=O)(C2=O)[C@@]13O4. The Morgan fingerprint density at radius 1 is 1.11 bits per heavy atom. The van der Waals surface area contributed by atoms with Crippen LogP contribution in [0.1, 0.15) is 102 Å². The van der Waals surface area contributed by atoms with E-state index >= 15 is 0 Å². The molecule has 3 heterocycles. The molecule has 1 aromatic carbocycles. The molecule has 1 aromatic rings. The molecule has 0 aromatic heterocycles. The lowest BCUT2D eigenvalue weighted by atomic mass is 9.51. The zero-order valence-corrected chi connectivity index (χ0v) is 28.2. The van der Waals surface area contributed by atoms with E-state index in [2.05, 4.69) is 6.58 Å². The Balaban J connectivity index is 1.52. The Hall–Kier alpha value is -3.69. The topological polar surface area (TPSA) is 129 Å². The first-order valence-electron chi connectivity index (χ1n) is 16.6. The summed E-state index contributed by atoms with van der Waals surface area (Å²) >= 11 is 0. The monoisotopic (exact) mass is 644 g/mol. The smallest absolute Gasteiger partial charge is 0.298 e. The molecule has 3 fully saturated rings. The summed E-state index contributed by atoms with van der Waals surface area (Å²) in [6.45, 7) is 17.8. The Morgan fingerprint density at radius 2 is 1.83 bits per heavy atom. The van der Waals surface area contributed by atoms with E-state index in [1.165, 1.54) is 0 Å². The van der Waals surface area contributed by atoms with Crippen LogP contribution in [0.5, 0.6) is 17.2 Å². The molecule has 0 amide bonds. The van der Waals surface area contributed by atoms with E-state index in [9.17, 15) is 24.6 Å². The van der Waals surface area contributed by atoms with Gasteiger partial charge in [0.25, 0.3) is 6.47 Å². The zero-order chi connectivity index (χ0) is 34.0. The van der Waals surface area contributed by atoms with Gasteiger partial charge in [0.1, 0.15) is 40.3 Å². The summed E-state index contributed by atoms with van der Waals surface area (Å²) in [6, 6.07) is 0. The number of phenolic OH excluding ortho intramolecular Hbond substituents is 1. The van der Waals surface area contributed by atoms with E-state index in [0.29, 0.717) is 60.4 Å². The first-order valence-corrected chi connectivity index (χ1v) is 16.6. The number of carbonyl (C=O) groups is 3. The van der Waals surface area contributed by atoms with Gasteiger partial charge in [0.2, 0.25) is 0 Å². The molecule has 250 valence electrons. The molecule has 2 N–H and O–H groups in total. The third-order valence-electron chi connectivity index (χ3n) is 11.9. The second-order valence-electron chi connectivity index (χ2n) is 15.4. The molecule has 9 heteroatoms. The van der Waals surface area contributed by atoms with E-state index in [4.69, 9.17) is 18.9 Å². The van der Waals surface area contributed by atoms with E-state index in [1.54, 1.807) is 19.1 Å². The van der Waals surface area contributed by atoms with Crippen molar-refractivity contribution in [2.24, 2.45) is 17.8 Å². The quantitative estimate of drug-likeness (QED) is 0.210. The highest BCUT2D eigenvalue weighted by molar-refractivity contribution is 6.18. The van der Waals surface area contributed by atoms with Gasteiger partial charge in [0.15, 0.2) is 22.8 Å². The molecule has 4 aliphatic carbocycles. The van der Waals surface area contributed by atoms with Gasteiger partial charge in [-0.3, -0.25) is 14.4 Å². The molecule has 9 nitrogen and oxygen atoms in total. The fraction of sp³-hybridized carbons (Fsp3) is 0.553. The lowest BCUT2D eigenvalue weighted by Gasteiger charge is -2.57. The number of ether oxygens (including phenoxy) is 4. The first kappa shape index (κ1) is 31.9. The Kier molecular flexibility index (Phi) is 6.89. The van der Waals surface area contributed by atoms with Crippen LogP contribution < -0.4 is 9.47 Å². The normalized spacial score (nSPS) is 37.1. The van der Waals surface area contributed by atoms with Crippen LogP contribution in [0.2, 0.25) is 0 Å². The number of aromatic hydroxyl groups is 1. The Morgan fingerprint density at radius 3 is 2.49 bits per heavy atom. The standard InChI is InChI=1S/C38H44O9/c1-18(2)9-10-23-31-27(26-22(19(3)4)12-13-36(8,45-31)34(26)43)30(41)28-29(40)24-15-21-16-25-35(6,7)47-37(33(21)42,14-11-20(5)44-17-39)38(24,25)46-32(23)28/h9,11,15,17,21-22,25-26,34,41,43H,3,10,12-14,16H2,1-2,4-8H3/b20-11-/t21?,22?,25?,26-,34?,36-,37-,38-/m1/s1. The van der Waals surface area contributed by atoms with E-state index in [0.717, 1.165) is 11.1 Å². The minimum atomic E-state index is -1.58. The van der Waals surface area contributed by atoms with Crippen LogP contribution in [0.15, 0.2) is 47.3 Å². The molecule has 7 aliphatic rings. The first-order chi connectivity index (χ1) is 22.0. The van der Waals surface area contributed by atoms with Crippen LogP contribution in [0, 0.1) is 17.8 Å². The van der Waals surface area contributed by atoms with Gasteiger partial charge in [0, 0.05) is 40.9 Å². The molecular weight excluding hydrogens is 600 g/mol. The summed E-state index contributed by atoms with van der Waals surface area (Å²) in [4.78, 5) is 40.5. The number of benzene rings is 1. The van der Waals surface area contributed by atoms with Gasteiger partial charge in [0.05, 0.1) is 5.60 Å². The maximum absolute atomic E-state index is 15.0. The van der Waals surface area contributed by atoms with Crippen molar-refractivity contribution < 1.29 is 43.5 Å². The number of hydrogen-bond donors (Lipinski definition) is 2. The Bertz CT molecular complexity index is 1740. The van der Waals surface area contributed by atoms with Crippen LogP contribution in [0.25, 0.3) is 0 Å². The average molecular weight is 645 g/mol. The van der Waals surface area contributed by atoms with Crippen LogP contribution in [0.4, 0.5) is 0 Å². The summed E-state index contributed by atoms with van der Waals surface area (Å²) in [7, 11) is 0. The van der Waals surface area contributed by atoms with Crippen molar-refractivity contribution in [3.8, 4) is 17.2 Å². The molecule has 6 bridgehead atoms. The highest BCUT2D eigenvalue weighted by atomic mass is 16.6. The number of fused-ring (bicyclic) bond motifs is 5. The number of hydrogen-bond acceptors (Lipinski definition) is 9. The Labute approximate surface area is 275 Å². The summed E-state index contributed by atoms with van der Waals surface area (Å²) in [5, 5.41) is 23.9. The molecular formula is C38H44O9. The number of allylic oxidation sites excluding steroid dienone is 5. The maximum Gasteiger partial charge on any atom is 0.298 e. The number of carbonyl (C=O) groups excluding carboxylic acids is 3. The number of aliphatic hydroxyl groups excluding tert-OH is 1. The maximum atomic E-state index is 15.0. The lowest BCUT2D eigenvalue weighted by Crippen LogP contribution is -2.72. The largest absolute Gasteiger partial charge is 0.507 e. The third kappa shape index (κ3) is 3.99. The van der Waals surface area contributed by atoms with Gasteiger partial charge < -0.3 is 29.2 Å². The van der Waals surface area contributed by atoms with E-state index in [-0.39, 0.29) is 41.1 Å². The van der Waals surface area contributed by atoms with Gasteiger partial charge in [-0.25, -0.2) is 0 Å². The van der Waals surface area contributed by atoms with Crippen molar-refractivity contribution in [3.63, 3.8) is 0 Å². The highest BCUT2D eigenvalue weighted by Gasteiger charge is 2.81. The predicted molar refractivity (Wildman–Crippen MR) is 172 cm³/mol. The van der Waals surface area contributed by atoms with Crippen LogP contribution in [0.3, 0.4) is 0 Å². The molecule has 2 saturated carbocycles. The second-order valence-corrected chi connectivity index (χ2v) is 15.4. The summed E-state index contributed by atoms with van der Waals surface area (Å²) in [6.07, 6.45) is 6.51. The van der Waals surface area contributed by atoms with Crippen LogP contribution in [-0.2, 0) is 25.5 Å². The molecule has 0 radical (unpaired) electrons. The molecule has 1 saturated heterocycles. The highest BCUT2D eigenvalue weighted by Crippen LogP contribution is 2.69. The lowest BCUT2D eigenvalue weighted by molar-refractivity contribution is -0.171. The van der Waals surface area contributed by atoms with Gasteiger partial charge >= 0.3 is 0 Å².